The molecule has 42 heavy (non-hydrogen) atoms. The van der Waals surface area contributed by atoms with E-state index < -0.39 is 17.7 Å². The maximum atomic E-state index is 11.7. The van der Waals surface area contributed by atoms with Crippen molar-refractivity contribution in [2.24, 2.45) is 52.1 Å². The van der Waals surface area contributed by atoms with E-state index in [4.69, 9.17) is 5.73 Å². The van der Waals surface area contributed by atoms with Crippen LogP contribution in [0.15, 0.2) is 0 Å². The lowest BCUT2D eigenvalue weighted by atomic mass is 9.43. The average Bonchev–Trinajstić information content (AvgIpc) is 3.30. The maximum absolute atomic E-state index is 11.7. The first kappa shape index (κ1) is 34.1. The lowest BCUT2D eigenvalue weighted by Gasteiger charge is -2.62. The first-order valence-electron chi connectivity index (χ1n) is 17.3. The minimum atomic E-state index is -2.12. The van der Waals surface area contributed by atoms with Gasteiger partial charge in [0.05, 0.1) is 12.2 Å². The molecule has 0 saturated heterocycles. The van der Waals surface area contributed by atoms with Crippen molar-refractivity contribution in [1.82, 2.24) is 10.6 Å². The minimum Gasteiger partial charge on any atom is -0.479 e. The minimum absolute atomic E-state index is 0.169. The maximum Gasteiger partial charge on any atom is 0.338 e. The van der Waals surface area contributed by atoms with E-state index in [0.717, 1.165) is 64.7 Å². The van der Waals surface area contributed by atoms with Crippen molar-refractivity contribution in [3.63, 3.8) is 0 Å². The van der Waals surface area contributed by atoms with Gasteiger partial charge in [0, 0.05) is 6.04 Å². The number of carbonyl (C=O) groups is 1. The number of nitrogens with two attached hydrogens (primary N) is 1. The molecule has 0 bridgehead atoms. The third kappa shape index (κ3) is 6.89. The predicted octanol–water partition coefficient (Wildman–Crippen LogP) is 3.91. The molecule has 12 atom stereocenters. The summed E-state index contributed by atoms with van der Waals surface area (Å²) in [6, 6.07) is 0.562. The molecule has 4 aliphatic carbocycles. The molecule has 4 fully saturated rings. The summed E-state index contributed by atoms with van der Waals surface area (Å²) in [5, 5.41) is 49.0. The third-order valence-electron chi connectivity index (χ3n) is 13.2. The van der Waals surface area contributed by atoms with Crippen LogP contribution in [0.2, 0.25) is 0 Å². The van der Waals surface area contributed by atoms with Crippen LogP contribution in [0.5, 0.6) is 0 Å². The quantitative estimate of drug-likeness (QED) is 0.141. The fourth-order valence-corrected chi connectivity index (χ4v) is 10.5. The van der Waals surface area contributed by atoms with Gasteiger partial charge < -0.3 is 36.8 Å². The zero-order chi connectivity index (χ0) is 30.7. The van der Waals surface area contributed by atoms with E-state index in [-0.39, 0.29) is 17.9 Å². The summed E-state index contributed by atoms with van der Waals surface area (Å²) in [5.74, 6) is 1.52. The number of rotatable bonds is 15. The summed E-state index contributed by atoms with van der Waals surface area (Å²) in [6.45, 7) is 12.4. The lowest BCUT2D eigenvalue weighted by molar-refractivity contribution is -0.170. The van der Waals surface area contributed by atoms with Gasteiger partial charge in [0.1, 0.15) is 0 Å². The van der Waals surface area contributed by atoms with Crippen molar-refractivity contribution in [3.8, 4) is 0 Å². The largest absolute Gasteiger partial charge is 0.479 e. The Hall–Kier alpha value is -0.770. The van der Waals surface area contributed by atoms with Crippen LogP contribution in [0, 0.1) is 46.3 Å². The molecule has 0 amide bonds. The second-order valence-corrected chi connectivity index (χ2v) is 15.6. The second kappa shape index (κ2) is 14.1. The number of aliphatic carboxylic acids is 1. The fourth-order valence-electron chi connectivity index (χ4n) is 10.5. The van der Waals surface area contributed by atoms with Crippen LogP contribution in [-0.2, 0) is 4.79 Å². The highest BCUT2D eigenvalue weighted by Crippen LogP contribution is 2.68. The molecule has 8 N–H and O–H groups in total. The molecule has 0 heterocycles. The molecule has 8 nitrogen and oxygen atoms in total. The van der Waals surface area contributed by atoms with Gasteiger partial charge in [-0.2, -0.15) is 0 Å². The predicted molar refractivity (Wildman–Crippen MR) is 167 cm³/mol. The lowest BCUT2D eigenvalue weighted by Crippen LogP contribution is -2.59. The van der Waals surface area contributed by atoms with Crippen molar-refractivity contribution in [3.05, 3.63) is 0 Å². The topological polar surface area (TPSA) is 148 Å². The molecule has 5 unspecified atom stereocenters. The van der Waals surface area contributed by atoms with E-state index in [1.54, 1.807) is 0 Å². The summed E-state index contributed by atoms with van der Waals surface area (Å²) in [5.41, 5.74) is 3.94. The summed E-state index contributed by atoms with van der Waals surface area (Å²) >= 11 is 0. The van der Waals surface area contributed by atoms with Crippen molar-refractivity contribution in [2.75, 3.05) is 26.2 Å². The Balaban J connectivity index is 1.31. The molecule has 4 aliphatic rings. The van der Waals surface area contributed by atoms with Crippen LogP contribution < -0.4 is 16.4 Å². The van der Waals surface area contributed by atoms with Crippen LogP contribution in [0.1, 0.15) is 111 Å². The summed E-state index contributed by atoms with van der Waals surface area (Å²) in [4.78, 5) is 11.4. The van der Waals surface area contributed by atoms with Gasteiger partial charge in [-0.25, -0.2) is 4.79 Å². The highest BCUT2D eigenvalue weighted by atomic mass is 16.4. The highest BCUT2D eigenvalue weighted by Gasteiger charge is 2.62. The Bertz CT molecular complexity index is 887. The Kier molecular flexibility index (Phi) is 11.5. The normalized spacial score (nSPS) is 40.8. The molecule has 0 aliphatic heterocycles. The zero-order valence-corrected chi connectivity index (χ0v) is 27.0. The van der Waals surface area contributed by atoms with Crippen LogP contribution in [0.4, 0.5) is 0 Å². The molecule has 0 aromatic carbocycles. The number of aliphatic hydroxyl groups excluding tert-OH is 2. The van der Waals surface area contributed by atoms with E-state index in [2.05, 4.69) is 31.4 Å². The van der Waals surface area contributed by atoms with Gasteiger partial charge in [-0.3, -0.25) is 0 Å². The highest BCUT2D eigenvalue weighted by molar-refractivity contribution is 5.77. The third-order valence-corrected chi connectivity index (χ3v) is 13.2. The van der Waals surface area contributed by atoms with Crippen molar-refractivity contribution in [2.45, 2.75) is 135 Å². The summed E-state index contributed by atoms with van der Waals surface area (Å²) < 4.78 is 0. The van der Waals surface area contributed by atoms with E-state index in [9.17, 15) is 25.2 Å². The van der Waals surface area contributed by atoms with Crippen LogP contribution in [-0.4, -0.2) is 76.4 Å². The first-order valence-corrected chi connectivity index (χ1v) is 17.3. The molecule has 0 aromatic heterocycles. The van der Waals surface area contributed by atoms with Gasteiger partial charge in [0.2, 0.25) is 0 Å². The number of carboxylic acids is 1. The molecule has 4 rings (SSSR count). The van der Waals surface area contributed by atoms with Crippen molar-refractivity contribution < 1.29 is 25.2 Å². The van der Waals surface area contributed by atoms with Crippen molar-refractivity contribution >= 4 is 5.97 Å². The number of hydrogen-bond acceptors (Lipinski definition) is 7. The van der Waals surface area contributed by atoms with Gasteiger partial charge in [0.15, 0.2) is 5.60 Å². The monoisotopic (exact) mass is 593 g/mol. The van der Waals surface area contributed by atoms with Gasteiger partial charge in [-0.15, -0.1) is 0 Å². The second-order valence-electron chi connectivity index (χ2n) is 15.6. The standard InChI is InChI=1S/C34H63N3O5/c1-22(8-11-29(39)34(4,42)31(40)41)25-9-10-26-30-27(13-15-33(25,26)3)32(2)14-12-24(20-23(32)21-28(30)38)37-19-7-18-36-17-6-5-16-35/h22-30,36-39,42H,5-21,35H2,1-4H3,(H,40,41)/t22-,23-,24+,25-,26?,27?,28-,29?,30?,32+,33-,34?/m1/s1. The molecule has 0 radical (unpaired) electrons. The summed E-state index contributed by atoms with van der Waals surface area (Å²) in [7, 11) is 0. The molecule has 0 spiro atoms. The molecule has 8 heteroatoms. The molecular weight excluding hydrogens is 530 g/mol. The average molecular weight is 594 g/mol. The Morgan fingerprint density at radius 2 is 1.67 bits per heavy atom. The van der Waals surface area contributed by atoms with E-state index >= 15 is 0 Å². The van der Waals surface area contributed by atoms with Crippen LogP contribution in [0.3, 0.4) is 0 Å². The van der Waals surface area contributed by atoms with Gasteiger partial charge in [-0.1, -0.05) is 20.8 Å². The fraction of sp³-hybridized carbons (Fsp3) is 0.971. The Morgan fingerprint density at radius 3 is 2.38 bits per heavy atom. The Labute approximate surface area is 255 Å². The molecule has 0 aromatic rings. The molecule has 244 valence electrons. The first-order chi connectivity index (χ1) is 19.9. The van der Waals surface area contributed by atoms with E-state index in [1.807, 2.05) is 0 Å². The number of carboxylic acid groups (broad SMARTS) is 1. The zero-order valence-electron chi connectivity index (χ0n) is 27.0. The van der Waals surface area contributed by atoms with Crippen LogP contribution >= 0.6 is 0 Å². The molecule has 4 saturated carbocycles. The van der Waals surface area contributed by atoms with Crippen molar-refractivity contribution in [1.29, 1.82) is 0 Å². The number of nitrogens with one attached hydrogen (secondary N) is 2. The number of unbranched alkanes of at least 4 members (excludes halogenated alkanes) is 1. The molecular formula is C34H63N3O5. The van der Waals surface area contributed by atoms with Gasteiger partial charge >= 0.3 is 5.97 Å². The Morgan fingerprint density at radius 1 is 0.976 bits per heavy atom. The number of aliphatic hydroxyl groups is 3. The number of fused-ring (bicyclic) bond motifs is 5. The van der Waals surface area contributed by atoms with Gasteiger partial charge in [0.25, 0.3) is 0 Å². The van der Waals surface area contributed by atoms with Crippen LogP contribution in [0.25, 0.3) is 0 Å². The SMILES string of the molecule is C[C@H](CCC(O)C(C)(O)C(=O)O)[C@H]1CCC2C3C(CC[C@@]21C)[C@@]1(C)CC[C@H](NCCCNCCCCN)C[C@@H]1C[C@H]3O. The van der Waals surface area contributed by atoms with E-state index in [1.165, 1.54) is 39.0 Å². The summed E-state index contributed by atoms with van der Waals surface area (Å²) in [6.07, 6.45) is 12.2. The van der Waals surface area contributed by atoms with Gasteiger partial charge in [-0.05, 0) is 163 Å². The van der Waals surface area contributed by atoms with E-state index in [0.29, 0.717) is 53.4 Å². The smallest absolute Gasteiger partial charge is 0.338 e. The number of hydrogen-bond donors (Lipinski definition) is 7.